The summed E-state index contributed by atoms with van der Waals surface area (Å²) < 4.78 is 40.8. The van der Waals surface area contributed by atoms with Gasteiger partial charge in [0, 0.05) is 27.9 Å². The summed E-state index contributed by atoms with van der Waals surface area (Å²) >= 11 is 8.13. The predicted molar refractivity (Wildman–Crippen MR) is 79.6 cm³/mol. The zero-order chi connectivity index (χ0) is 14.9. The summed E-state index contributed by atoms with van der Waals surface area (Å²) in [6.45, 7) is 0. The molecule has 7 heteroatoms. The van der Waals surface area contributed by atoms with E-state index in [1.807, 2.05) is 0 Å². The second kappa shape index (κ2) is 5.80. The van der Waals surface area contributed by atoms with Crippen LogP contribution in [0.15, 0.2) is 34.8 Å². The Morgan fingerprint density at radius 1 is 1.10 bits per heavy atom. The Hall–Kier alpha value is -1.60. The van der Waals surface area contributed by atoms with E-state index in [1.54, 1.807) is 18.2 Å². The third-order valence-corrected chi connectivity index (χ3v) is 3.23. The van der Waals surface area contributed by atoms with E-state index in [0.29, 0.717) is 27.9 Å². The Labute approximate surface area is 126 Å². The van der Waals surface area contributed by atoms with Crippen molar-refractivity contribution in [3.63, 3.8) is 0 Å². The van der Waals surface area contributed by atoms with Crippen LogP contribution in [0.1, 0.15) is 5.56 Å². The average molecular weight is 361 g/mol. The molecule has 0 aliphatic heterocycles. The third-order valence-electron chi connectivity index (χ3n) is 2.51. The van der Waals surface area contributed by atoms with Gasteiger partial charge < -0.3 is 11.1 Å². The van der Waals surface area contributed by atoms with Gasteiger partial charge in [0.05, 0.1) is 0 Å². The summed E-state index contributed by atoms with van der Waals surface area (Å²) in [7, 11) is 0. The molecule has 0 fully saturated rings. The maximum absolute atomic E-state index is 13.6. The van der Waals surface area contributed by atoms with Crippen molar-refractivity contribution in [2.24, 2.45) is 5.73 Å². The second-order valence-corrected chi connectivity index (χ2v) is 5.28. The zero-order valence-corrected chi connectivity index (χ0v) is 12.3. The van der Waals surface area contributed by atoms with Gasteiger partial charge in [-0.15, -0.1) is 0 Å². The Balaban J connectivity index is 2.48. The van der Waals surface area contributed by atoms with E-state index in [4.69, 9.17) is 18.0 Å². The number of thiocarbonyl (C=S) groups is 1. The fourth-order valence-corrected chi connectivity index (χ4v) is 2.16. The molecule has 0 saturated heterocycles. The molecule has 0 bridgehead atoms. The molecule has 0 atom stereocenters. The van der Waals surface area contributed by atoms with Gasteiger partial charge in [-0.1, -0.05) is 28.1 Å². The number of halogens is 4. The minimum absolute atomic E-state index is 0.0664. The highest BCUT2D eigenvalue weighted by Gasteiger charge is 2.14. The lowest BCUT2D eigenvalue weighted by Crippen LogP contribution is -2.12. The van der Waals surface area contributed by atoms with Crippen LogP contribution in [-0.2, 0) is 0 Å². The van der Waals surface area contributed by atoms with E-state index in [0.717, 1.165) is 0 Å². The van der Waals surface area contributed by atoms with Crippen molar-refractivity contribution < 1.29 is 13.2 Å². The number of rotatable bonds is 3. The van der Waals surface area contributed by atoms with Crippen LogP contribution in [0, 0.1) is 17.5 Å². The molecule has 0 aliphatic rings. The number of benzene rings is 2. The number of nitrogens with two attached hydrogens (primary N) is 1. The third kappa shape index (κ3) is 3.10. The average Bonchev–Trinajstić information content (AvgIpc) is 2.34. The molecule has 0 radical (unpaired) electrons. The van der Waals surface area contributed by atoms with E-state index in [-0.39, 0.29) is 4.99 Å². The fraction of sp³-hybridized carbons (Fsp3) is 0. The SMILES string of the molecule is NC(=S)c1cc(Br)ccc1Nc1c(F)cc(F)cc1F. The standard InChI is InChI=1S/C13H8BrF3N2S/c14-6-1-2-11(8(3-6)13(18)20)19-12-9(16)4-7(15)5-10(12)17/h1-5,19H,(H2,18,20). The highest BCUT2D eigenvalue weighted by atomic mass is 79.9. The Morgan fingerprint density at radius 2 is 1.70 bits per heavy atom. The molecular weight excluding hydrogens is 353 g/mol. The lowest BCUT2D eigenvalue weighted by Gasteiger charge is -2.13. The highest BCUT2D eigenvalue weighted by Crippen LogP contribution is 2.28. The van der Waals surface area contributed by atoms with Crippen molar-refractivity contribution in [3.05, 3.63) is 57.8 Å². The molecule has 2 aromatic carbocycles. The first-order valence-corrected chi connectivity index (χ1v) is 6.59. The molecule has 0 amide bonds. The van der Waals surface area contributed by atoms with Crippen molar-refractivity contribution in [2.75, 3.05) is 5.32 Å². The van der Waals surface area contributed by atoms with E-state index in [1.165, 1.54) is 0 Å². The van der Waals surface area contributed by atoms with Crippen LogP contribution in [0.4, 0.5) is 24.5 Å². The molecule has 20 heavy (non-hydrogen) atoms. The summed E-state index contributed by atoms with van der Waals surface area (Å²) in [6, 6.07) is 6.00. The van der Waals surface area contributed by atoms with Gasteiger partial charge in [-0.3, -0.25) is 0 Å². The van der Waals surface area contributed by atoms with Gasteiger partial charge in [0.1, 0.15) is 16.5 Å². The number of hydrogen-bond acceptors (Lipinski definition) is 2. The molecule has 0 aliphatic carbocycles. The number of nitrogens with one attached hydrogen (secondary N) is 1. The summed E-state index contributed by atoms with van der Waals surface area (Å²) in [5, 5.41) is 2.54. The van der Waals surface area contributed by atoms with Gasteiger partial charge in [-0.05, 0) is 18.2 Å². The monoisotopic (exact) mass is 360 g/mol. The molecular formula is C13H8BrF3N2S. The van der Waals surface area contributed by atoms with Gasteiger partial charge >= 0.3 is 0 Å². The van der Waals surface area contributed by atoms with Crippen molar-refractivity contribution in [2.45, 2.75) is 0 Å². The van der Waals surface area contributed by atoms with Gasteiger partial charge in [-0.2, -0.15) is 0 Å². The smallest absolute Gasteiger partial charge is 0.152 e. The van der Waals surface area contributed by atoms with Gasteiger partial charge in [0.15, 0.2) is 11.6 Å². The van der Waals surface area contributed by atoms with Crippen LogP contribution in [0.3, 0.4) is 0 Å². The van der Waals surface area contributed by atoms with Gasteiger partial charge in [0.2, 0.25) is 0 Å². The van der Waals surface area contributed by atoms with Crippen LogP contribution in [0.5, 0.6) is 0 Å². The maximum atomic E-state index is 13.6. The number of anilines is 2. The van der Waals surface area contributed by atoms with Crippen molar-refractivity contribution in [1.82, 2.24) is 0 Å². The van der Waals surface area contributed by atoms with E-state index in [9.17, 15) is 13.2 Å². The first-order chi connectivity index (χ1) is 9.38. The molecule has 104 valence electrons. The van der Waals surface area contributed by atoms with Crippen LogP contribution in [0.25, 0.3) is 0 Å². The quantitative estimate of drug-likeness (QED) is 0.803. The first-order valence-electron chi connectivity index (χ1n) is 5.39. The van der Waals surface area contributed by atoms with Crippen LogP contribution < -0.4 is 11.1 Å². The van der Waals surface area contributed by atoms with Crippen LogP contribution in [-0.4, -0.2) is 4.99 Å². The zero-order valence-electron chi connectivity index (χ0n) is 9.88. The normalized spacial score (nSPS) is 10.4. The highest BCUT2D eigenvalue weighted by molar-refractivity contribution is 9.10. The van der Waals surface area contributed by atoms with E-state index >= 15 is 0 Å². The summed E-state index contributed by atoms with van der Waals surface area (Å²) in [6.07, 6.45) is 0. The lowest BCUT2D eigenvalue weighted by atomic mass is 10.1. The Morgan fingerprint density at radius 3 is 2.25 bits per heavy atom. The molecule has 2 rings (SSSR count). The molecule has 0 saturated carbocycles. The van der Waals surface area contributed by atoms with Crippen LogP contribution >= 0.6 is 28.1 Å². The molecule has 0 aromatic heterocycles. The molecule has 2 nitrogen and oxygen atoms in total. The van der Waals surface area contributed by atoms with E-state index in [2.05, 4.69) is 21.2 Å². The minimum Gasteiger partial charge on any atom is -0.389 e. The molecule has 0 spiro atoms. The van der Waals surface area contributed by atoms with Crippen molar-refractivity contribution in [1.29, 1.82) is 0 Å². The number of hydrogen-bond donors (Lipinski definition) is 2. The fourth-order valence-electron chi connectivity index (χ4n) is 1.63. The van der Waals surface area contributed by atoms with Gasteiger partial charge in [-0.25, -0.2) is 13.2 Å². The minimum atomic E-state index is -1.04. The van der Waals surface area contributed by atoms with E-state index < -0.39 is 23.1 Å². The van der Waals surface area contributed by atoms with Crippen molar-refractivity contribution >= 4 is 44.5 Å². The summed E-state index contributed by atoms with van der Waals surface area (Å²) in [4.78, 5) is 0.0664. The first kappa shape index (κ1) is 14.8. The van der Waals surface area contributed by atoms with Gasteiger partial charge in [0.25, 0.3) is 0 Å². The predicted octanol–water partition coefficient (Wildman–Crippen LogP) is 4.24. The summed E-state index contributed by atoms with van der Waals surface area (Å²) in [5.74, 6) is -3.07. The summed E-state index contributed by atoms with van der Waals surface area (Å²) in [5.41, 5.74) is 5.83. The Kier molecular flexibility index (Phi) is 4.29. The largest absolute Gasteiger partial charge is 0.389 e. The molecule has 2 aromatic rings. The van der Waals surface area contributed by atoms with Crippen molar-refractivity contribution in [3.8, 4) is 0 Å². The van der Waals surface area contributed by atoms with Crippen LogP contribution in [0.2, 0.25) is 0 Å². The molecule has 3 N–H and O–H groups in total. The molecule has 0 heterocycles. The Bertz CT molecular complexity index is 668. The second-order valence-electron chi connectivity index (χ2n) is 3.92. The topological polar surface area (TPSA) is 38.0 Å². The maximum Gasteiger partial charge on any atom is 0.152 e. The lowest BCUT2D eigenvalue weighted by molar-refractivity contribution is 0.549. The molecule has 0 unspecified atom stereocenters.